The van der Waals surface area contributed by atoms with Crippen molar-refractivity contribution >= 4 is 39.1 Å². The van der Waals surface area contributed by atoms with Crippen molar-refractivity contribution in [2.75, 3.05) is 7.11 Å². The van der Waals surface area contributed by atoms with Gasteiger partial charge in [-0.2, -0.15) is 0 Å². The lowest BCUT2D eigenvalue weighted by Crippen LogP contribution is -2.16. The van der Waals surface area contributed by atoms with Gasteiger partial charge in [0.15, 0.2) is 10.5 Å². The molecule has 0 aliphatic carbocycles. The van der Waals surface area contributed by atoms with Crippen LogP contribution in [0.25, 0.3) is 21.9 Å². The molecule has 130 valence electrons. The first-order chi connectivity index (χ1) is 11.8. The van der Waals surface area contributed by atoms with Gasteiger partial charge in [-0.3, -0.25) is 4.79 Å². The van der Waals surface area contributed by atoms with Gasteiger partial charge in [0.2, 0.25) is 5.43 Å². The zero-order valence-electron chi connectivity index (χ0n) is 13.9. The van der Waals surface area contributed by atoms with E-state index in [2.05, 4.69) is 0 Å². The lowest BCUT2D eigenvalue weighted by atomic mass is 10.1. The van der Waals surface area contributed by atoms with Gasteiger partial charge in [-0.15, -0.1) is 0 Å². The highest BCUT2D eigenvalue weighted by molar-refractivity contribution is 7.92. The average molecular weight is 360 g/mol. The Balaban J connectivity index is 2.43. The molecule has 1 unspecified atom stereocenters. The maximum Gasteiger partial charge on any atom is 0.335 e. The van der Waals surface area contributed by atoms with E-state index in [1.54, 1.807) is 19.9 Å². The van der Waals surface area contributed by atoms with Crippen LogP contribution in [0.3, 0.4) is 0 Å². The molecule has 3 aromatic rings. The topological polar surface area (TPSA) is 99.8 Å². The second-order valence-electron chi connectivity index (χ2n) is 5.80. The highest BCUT2D eigenvalue weighted by atomic mass is 32.2. The molecule has 0 amide bonds. The molecule has 0 saturated heterocycles. The zero-order chi connectivity index (χ0) is 18.3. The predicted molar refractivity (Wildman–Crippen MR) is 95.0 cm³/mol. The number of hydrogen-bond donors (Lipinski definition) is 1. The Morgan fingerprint density at radius 1 is 1.24 bits per heavy atom. The standard InChI is InChI=1S/C18H16O6S/c1-9(2)25(22)15-8-11(23-3)7-13-16(19)12-6-10(18(20)21)4-5-14(12)24-17(13)15/h4-9H,1-3H3,(H,20,21). The fourth-order valence-corrected chi connectivity index (χ4v) is 3.63. The Morgan fingerprint density at radius 3 is 2.56 bits per heavy atom. The van der Waals surface area contributed by atoms with Crippen molar-refractivity contribution in [2.24, 2.45) is 0 Å². The lowest BCUT2D eigenvalue weighted by Gasteiger charge is -2.16. The van der Waals surface area contributed by atoms with E-state index in [-0.39, 0.29) is 38.2 Å². The number of methoxy groups -OCH3 is 1. The van der Waals surface area contributed by atoms with Crippen LogP contribution in [0.5, 0.6) is 5.75 Å². The predicted octanol–water partition coefficient (Wildman–Crippen LogP) is 3.17. The third kappa shape index (κ3) is 2.96. The van der Waals surface area contributed by atoms with Crippen molar-refractivity contribution < 1.29 is 23.6 Å². The molecule has 0 saturated carbocycles. The molecule has 6 nitrogen and oxygen atoms in total. The number of ether oxygens (including phenoxy) is 1. The maximum atomic E-state index is 12.9. The number of benzene rings is 2. The molecule has 1 atom stereocenters. The van der Waals surface area contributed by atoms with Gasteiger partial charge in [0.25, 0.3) is 0 Å². The summed E-state index contributed by atoms with van der Waals surface area (Å²) in [5.41, 5.74) is 0.0800. The average Bonchev–Trinajstić information content (AvgIpc) is 2.60. The largest absolute Gasteiger partial charge is 0.611 e. The summed E-state index contributed by atoms with van der Waals surface area (Å²) < 4.78 is 23.7. The van der Waals surface area contributed by atoms with Crippen molar-refractivity contribution in [1.82, 2.24) is 0 Å². The molecule has 0 spiro atoms. The molecule has 0 radical (unpaired) electrons. The Labute approximate surface area is 146 Å². The third-order valence-electron chi connectivity index (χ3n) is 3.84. The minimum absolute atomic E-state index is 0.00646. The number of carboxylic acids is 1. The molecule has 0 fully saturated rings. The van der Waals surface area contributed by atoms with Crippen LogP contribution in [0, 0.1) is 0 Å². The van der Waals surface area contributed by atoms with E-state index in [1.165, 1.54) is 31.4 Å². The molecule has 0 bridgehead atoms. The van der Waals surface area contributed by atoms with E-state index < -0.39 is 17.1 Å². The lowest BCUT2D eigenvalue weighted by molar-refractivity contribution is 0.0697. The molecule has 3 rings (SSSR count). The number of hydrogen-bond acceptors (Lipinski definition) is 5. The normalized spacial score (nSPS) is 12.7. The number of carbonyl (C=O) groups is 1. The monoisotopic (exact) mass is 360 g/mol. The summed E-state index contributed by atoms with van der Waals surface area (Å²) >= 11 is -1.39. The smallest absolute Gasteiger partial charge is 0.335 e. The van der Waals surface area contributed by atoms with Gasteiger partial charge in [-0.05, 0) is 49.3 Å². The van der Waals surface area contributed by atoms with Crippen molar-refractivity contribution in [2.45, 2.75) is 24.0 Å². The van der Waals surface area contributed by atoms with Gasteiger partial charge in [0, 0.05) is 6.07 Å². The molecule has 25 heavy (non-hydrogen) atoms. The van der Waals surface area contributed by atoms with E-state index in [1.807, 2.05) is 0 Å². The van der Waals surface area contributed by atoms with Crippen LogP contribution < -0.4 is 10.2 Å². The van der Waals surface area contributed by atoms with Gasteiger partial charge >= 0.3 is 5.97 Å². The Bertz CT molecular complexity index is 1040. The molecule has 0 aliphatic rings. The molecule has 2 aromatic carbocycles. The van der Waals surface area contributed by atoms with Crippen molar-refractivity contribution in [3.8, 4) is 5.75 Å². The quantitative estimate of drug-likeness (QED) is 0.567. The van der Waals surface area contributed by atoms with E-state index in [0.29, 0.717) is 10.6 Å². The van der Waals surface area contributed by atoms with Crippen LogP contribution in [0.4, 0.5) is 0 Å². The third-order valence-corrected chi connectivity index (χ3v) is 5.43. The first-order valence-electron chi connectivity index (χ1n) is 7.56. The Hall–Kier alpha value is -2.51. The van der Waals surface area contributed by atoms with Crippen LogP contribution in [-0.4, -0.2) is 28.0 Å². The summed E-state index contributed by atoms with van der Waals surface area (Å²) in [7, 11) is 1.45. The molecular formula is C18H16O6S. The van der Waals surface area contributed by atoms with Gasteiger partial charge in [-0.1, -0.05) is 0 Å². The Kier molecular flexibility index (Phi) is 4.45. The van der Waals surface area contributed by atoms with Gasteiger partial charge in [-0.25, -0.2) is 4.79 Å². The van der Waals surface area contributed by atoms with E-state index in [9.17, 15) is 14.1 Å². The SMILES string of the molecule is COc1cc([S+]([O-])C(C)C)c2oc3ccc(C(=O)O)cc3c(=O)c2c1. The number of fused-ring (bicyclic) bond motifs is 2. The van der Waals surface area contributed by atoms with E-state index in [0.717, 1.165) is 0 Å². The van der Waals surface area contributed by atoms with Crippen LogP contribution in [0.2, 0.25) is 0 Å². The molecule has 1 aromatic heterocycles. The van der Waals surface area contributed by atoms with Gasteiger partial charge in [0.1, 0.15) is 16.6 Å². The molecule has 7 heteroatoms. The zero-order valence-corrected chi connectivity index (χ0v) is 14.7. The van der Waals surface area contributed by atoms with Crippen LogP contribution in [0.1, 0.15) is 24.2 Å². The minimum Gasteiger partial charge on any atom is -0.611 e. The minimum atomic E-state index is -1.39. The van der Waals surface area contributed by atoms with E-state index in [4.69, 9.17) is 14.3 Å². The molecule has 1 heterocycles. The fraction of sp³-hybridized carbons (Fsp3) is 0.222. The molecule has 0 aliphatic heterocycles. The number of aromatic carboxylic acids is 1. The van der Waals surface area contributed by atoms with Gasteiger partial charge < -0.3 is 18.8 Å². The summed E-state index contributed by atoms with van der Waals surface area (Å²) in [6, 6.07) is 7.18. The summed E-state index contributed by atoms with van der Waals surface area (Å²) in [6.07, 6.45) is 0. The first kappa shape index (κ1) is 17.3. The van der Waals surface area contributed by atoms with Crippen molar-refractivity contribution in [3.63, 3.8) is 0 Å². The van der Waals surface area contributed by atoms with Crippen LogP contribution in [-0.2, 0) is 11.2 Å². The first-order valence-corrected chi connectivity index (χ1v) is 8.77. The van der Waals surface area contributed by atoms with Crippen molar-refractivity contribution in [3.05, 3.63) is 46.1 Å². The summed E-state index contributed by atoms with van der Waals surface area (Å²) in [6.45, 7) is 3.61. The van der Waals surface area contributed by atoms with Crippen molar-refractivity contribution in [1.29, 1.82) is 0 Å². The maximum absolute atomic E-state index is 12.9. The summed E-state index contributed by atoms with van der Waals surface area (Å²) in [5, 5.41) is 9.30. The van der Waals surface area contributed by atoms with Crippen LogP contribution >= 0.6 is 0 Å². The molecule has 1 N–H and O–H groups in total. The molecular weight excluding hydrogens is 344 g/mol. The summed E-state index contributed by atoms with van der Waals surface area (Å²) in [5.74, 6) is -0.744. The van der Waals surface area contributed by atoms with Gasteiger partial charge in [0.05, 0.1) is 23.4 Å². The fourth-order valence-electron chi connectivity index (χ4n) is 2.56. The second kappa shape index (κ2) is 6.42. The number of carboxylic acid groups (broad SMARTS) is 1. The highest BCUT2D eigenvalue weighted by Crippen LogP contribution is 2.31. The van der Waals surface area contributed by atoms with E-state index >= 15 is 0 Å². The summed E-state index contributed by atoms with van der Waals surface area (Å²) in [4.78, 5) is 24.4. The van der Waals surface area contributed by atoms with Crippen LogP contribution in [0.15, 0.2) is 44.4 Å². The number of rotatable bonds is 4. The second-order valence-corrected chi connectivity index (χ2v) is 7.77. The Morgan fingerprint density at radius 2 is 1.96 bits per heavy atom. The highest BCUT2D eigenvalue weighted by Gasteiger charge is 2.24.